The molecule has 0 spiro atoms. The Bertz CT molecular complexity index is 611. The van der Waals surface area contributed by atoms with Gasteiger partial charge in [-0.3, -0.25) is 9.89 Å². The van der Waals surface area contributed by atoms with Crippen LogP contribution in [0.15, 0.2) is 22.5 Å². The number of carbonyl (C=O) groups excluding carboxylic acids is 1. The quantitative estimate of drug-likeness (QED) is 0.242. The molecule has 2 rings (SSSR count). The highest BCUT2D eigenvalue weighted by molar-refractivity contribution is 14.0. The first-order chi connectivity index (χ1) is 13.4. The van der Waals surface area contributed by atoms with Crippen LogP contribution in [0.5, 0.6) is 0 Å². The number of hydrogen-bond acceptors (Lipinski definition) is 5. The van der Waals surface area contributed by atoms with Gasteiger partial charge in [0.25, 0.3) is 0 Å². The molecule has 1 amide bonds. The fourth-order valence-electron chi connectivity index (χ4n) is 2.97. The first kappa shape index (κ1) is 26.0. The molecule has 0 radical (unpaired) electrons. The Hall–Kier alpha value is -1.07. The van der Waals surface area contributed by atoms with E-state index in [4.69, 9.17) is 4.74 Å². The summed E-state index contributed by atoms with van der Waals surface area (Å²) in [5.74, 6) is 0.853. The van der Waals surface area contributed by atoms with E-state index in [0.717, 1.165) is 64.6 Å². The van der Waals surface area contributed by atoms with E-state index >= 15 is 0 Å². The van der Waals surface area contributed by atoms with E-state index in [1.807, 2.05) is 20.8 Å². The van der Waals surface area contributed by atoms with Crippen molar-refractivity contribution >= 4 is 47.4 Å². The number of piperazine rings is 1. The number of nitrogens with zero attached hydrogens (tertiary/aromatic N) is 3. The van der Waals surface area contributed by atoms with Gasteiger partial charge in [0.2, 0.25) is 0 Å². The Morgan fingerprint density at radius 3 is 2.48 bits per heavy atom. The fraction of sp³-hybridized carbons (Fsp3) is 0.700. The number of rotatable bonds is 7. The third-order valence-electron chi connectivity index (χ3n) is 4.44. The van der Waals surface area contributed by atoms with E-state index in [-0.39, 0.29) is 30.1 Å². The van der Waals surface area contributed by atoms with Gasteiger partial charge in [-0.25, -0.2) is 4.79 Å². The Morgan fingerprint density at radius 1 is 1.21 bits per heavy atom. The number of amides is 1. The highest BCUT2D eigenvalue weighted by Gasteiger charge is 2.25. The lowest BCUT2D eigenvalue weighted by Crippen LogP contribution is -2.50. The second kappa shape index (κ2) is 13.3. The van der Waals surface area contributed by atoms with Crippen molar-refractivity contribution in [1.82, 2.24) is 20.4 Å². The SMILES string of the molecule is CN=C(NCCCN1CCN(C(=O)OC(C)(C)C)CC1)NCCc1cccs1.I. The second-order valence-corrected chi connectivity index (χ2v) is 8.95. The Balaban J connectivity index is 0.00000420. The zero-order valence-corrected chi connectivity index (χ0v) is 21.2. The fourth-order valence-corrected chi connectivity index (χ4v) is 3.68. The molecular formula is C20H36IN5O2S. The van der Waals surface area contributed by atoms with Gasteiger partial charge < -0.3 is 20.3 Å². The van der Waals surface area contributed by atoms with E-state index in [1.54, 1.807) is 23.3 Å². The van der Waals surface area contributed by atoms with Crippen LogP contribution in [0.2, 0.25) is 0 Å². The largest absolute Gasteiger partial charge is 0.444 e. The van der Waals surface area contributed by atoms with Crippen molar-refractivity contribution in [2.24, 2.45) is 4.99 Å². The van der Waals surface area contributed by atoms with Gasteiger partial charge in [-0.2, -0.15) is 0 Å². The van der Waals surface area contributed by atoms with E-state index in [9.17, 15) is 4.79 Å². The van der Waals surface area contributed by atoms with Crippen LogP contribution < -0.4 is 10.6 Å². The van der Waals surface area contributed by atoms with Crippen LogP contribution in [0.1, 0.15) is 32.1 Å². The molecule has 0 aromatic carbocycles. The summed E-state index contributed by atoms with van der Waals surface area (Å²) in [6.45, 7) is 11.7. The minimum Gasteiger partial charge on any atom is -0.444 e. The van der Waals surface area contributed by atoms with Crippen molar-refractivity contribution < 1.29 is 9.53 Å². The minimum absolute atomic E-state index is 0. The summed E-state index contributed by atoms with van der Waals surface area (Å²) in [6.07, 6.45) is 1.85. The van der Waals surface area contributed by atoms with Gasteiger partial charge in [-0.1, -0.05) is 6.07 Å². The molecule has 1 aliphatic rings. The summed E-state index contributed by atoms with van der Waals surface area (Å²) in [5, 5.41) is 8.84. The lowest BCUT2D eigenvalue weighted by atomic mass is 10.2. The maximum absolute atomic E-state index is 12.1. The molecule has 1 aromatic rings. The summed E-state index contributed by atoms with van der Waals surface area (Å²) in [7, 11) is 1.80. The van der Waals surface area contributed by atoms with Crippen molar-refractivity contribution in [2.75, 3.05) is 52.9 Å². The molecule has 0 saturated carbocycles. The molecule has 2 N–H and O–H groups in total. The first-order valence-corrected chi connectivity index (χ1v) is 10.9. The van der Waals surface area contributed by atoms with Crippen LogP contribution >= 0.6 is 35.3 Å². The van der Waals surface area contributed by atoms with Gasteiger partial charge in [-0.15, -0.1) is 35.3 Å². The van der Waals surface area contributed by atoms with Crippen LogP contribution in [0.25, 0.3) is 0 Å². The van der Waals surface area contributed by atoms with E-state index in [0.29, 0.717) is 0 Å². The molecule has 2 heterocycles. The molecular weight excluding hydrogens is 501 g/mol. The number of nitrogens with one attached hydrogen (secondary N) is 2. The molecule has 1 fully saturated rings. The summed E-state index contributed by atoms with van der Waals surface area (Å²) < 4.78 is 5.44. The van der Waals surface area contributed by atoms with Gasteiger partial charge in [0.1, 0.15) is 5.60 Å². The van der Waals surface area contributed by atoms with E-state index < -0.39 is 5.60 Å². The molecule has 1 saturated heterocycles. The summed E-state index contributed by atoms with van der Waals surface area (Å²) in [6, 6.07) is 4.24. The molecule has 0 atom stereocenters. The number of carbonyl (C=O) groups is 1. The average molecular weight is 538 g/mol. The number of aliphatic imine (C=N–C) groups is 1. The van der Waals surface area contributed by atoms with Gasteiger partial charge >= 0.3 is 6.09 Å². The highest BCUT2D eigenvalue weighted by atomic mass is 127. The molecule has 166 valence electrons. The summed E-state index contributed by atoms with van der Waals surface area (Å²) in [5.41, 5.74) is -0.434. The first-order valence-electron chi connectivity index (χ1n) is 10.0. The predicted molar refractivity (Wildman–Crippen MR) is 132 cm³/mol. The lowest BCUT2D eigenvalue weighted by molar-refractivity contribution is 0.0145. The number of thiophene rings is 1. The normalized spacial score (nSPS) is 15.6. The van der Waals surface area contributed by atoms with Gasteiger partial charge in [0.05, 0.1) is 0 Å². The standard InChI is InChI=1S/C20H35N5O2S.HI/c1-20(2,3)27-19(26)25-14-12-24(13-15-25)11-6-9-22-18(21-4)23-10-8-17-7-5-16-28-17;/h5,7,16H,6,8-15H2,1-4H3,(H2,21,22,23);1H. The van der Waals surface area contributed by atoms with Crippen LogP contribution in [-0.4, -0.2) is 80.3 Å². The average Bonchev–Trinajstić information content (AvgIpc) is 3.16. The van der Waals surface area contributed by atoms with Crippen LogP contribution in [0.3, 0.4) is 0 Å². The van der Waals surface area contributed by atoms with Crippen LogP contribution in [0, 0.1) is 0 Å². The Morgan fingerprint density at radius 2 is 1.90 bits per heavy atom. The van der Waals surface area contributed by atoms with Crippen LogP contribution in [-0.2, 0) is 11.2 Å². The molecule has 1 aliphatic heterocycles. The zero-order chi connectivity index (χ0) is 20.4. The lowest BCUT2D eigenvalue weighted by Gasteiger charge is -2.35. The predicted octanol–water partition coefficient (Wildman–Crippen LogP) is 3.02. The number of guanidine groups is 1. The maximum Gasteiger partial charge on any atom is 0.410 e. The van der Waals surface area contributed by atoms with Crippen molar-refractivity contribution in [2.45, 2.75) is 39.2 Å². The number of halogens is 1. The smallest absolute Gasteiger partial charge is 0.410 e. The third-order valence-corrected chi connectivity index (χ3v) is 5.37. The van der Waals surface area contributed by atoms with Crippen molar-refractivity contribution in [3.8, 4) is 0 Å². The van der Waals surface area contributed by atoms with Crippen LogP contribution in [0.4, 0.5) is 4.79 Å². The maximum atomic E-state index is 12.1. The number of hydrogen-bond donors (Lipinski definition) is 2. The van der Waals surface area contributed by atoms with Gasteiger partial charge in [-0.05, 0) is 51.6 Å². The van der Waals surface area contributed by atoms with E-state index in [1.165, 1.54) is 4.88 Å². The summed E-state index contributed by atoms with van der Waals surface area (Å²) in [4.78, 5) is 22.0. The molecule has 29 heavy (non-hydrogen) atoms. The van der Waals surface area contributed by atoms with Gasteiger partial charge in [0.15, 0.2) is 5.96 Å². The van der Waals surface area contributed by atoms with E-state index in [2.05, 4.69) is 38.0 Å². The Labute approximate surface area is 196 Å². The number of ether oxygens (including phenoxy) is 1. The molecule has 0 unspecified atom stereocenters. The molecule has 0 bridgehead atoms. The monoisotopic (exact) mass is 537 g/mol. The topological polar surface area (TPSA) is 69.2 Å². The molecule has 7 nitrogen and oxygen atoms in total. The van der Waals surface area contributed by atoms with Crippen molar-refractivity contribution in [3.05, 3.63) is 22.4 Å². The molecule has 9 heteroatoms. The molecule has 1 aromatic heterocycles. The highest BCUT2D eigenvalue weighted by Crippen LogP contribution is 2.12. The minimum atomic E-state index is -0.434. The van der Waals surface area contributed by atoms with Crippen molar-refractivity contribution in [1.29, 1.82) is 0 Å². The second-order valence-electron chi connectivity index (χ2n) is 7.92. The van der Waals surface area contributed by atoms with Gasteiger partial charge in [0, 0.05) is 51.2 Å². The summed E-state index contributed by atoms with van der Waals surface area (Å²) >= 11 is 1.79. The zero-order valence-electron chi connectivity index (χ0n) is 18.1. The van der Waals surface area contributed by atoms with Crippen molar-refractivity contribution in [3.63, 3.8) is 0 Å². The molecule has 0 aliphatic carbocycles. The third kappa shape index (κ3) is 10.5. The Kier molecular flexibility index (Phi) is 11.9.